The molecule has 0 aliphatic rings. The first-order valence-electron chi connectivity index (χ1n) is 14.7. The van der Waals surface area contributed by atoms with Crippen LogP contribution in [0.2, 0.25) is 0 Å². The van der Waals surface area contributed by atoms with Crippen molar-refractivity contribution >= 4 is 5.97 Å². The smallest absolute Gasteiger partial charge is 0.305 e. The summed E-state index contributed by atoms with van der Waals surface area (Å²) in [6, 6.07) is 0. The van der Waals surface area contributed by atoms with Gasteiger partial charge in [0.05, 0.1) is 112 Å². The van der Waals surface area contributed by atoms with E-state index in [-0.39, 0.29) is 19.2 Å². The molecule has 0 fully saturated rings. The van der Waals surface area contributed by atoms with Gasteiger partial charge in [-0.25, -0.2) is 0 Å². The monoisotopic (exact) mass is 568 g/mol. The van der Waals surface area contributed by atoms with E-state index in [1.807, 2.05) is 0 Å². The van der Waals surface area contributed by atoms with Crippen molar-refractivity contribution in [3.05, 3.63) is 0 Å². The predicted molar refractivity (Wildman–Crippen MR) is 147 cm³/mol. The molecular weight excluding hydrogens is 512 g/mol. The molecule has 0 aliphatic carbocycles. The van der Waals surface area contributed by atoms with E-state index in [9.17, 15) is 4.79 Å². The van der Waals surface area contributed by atoms with Crippen LogP contribution in [0, 0.1) is 0 Å². The second kappa shape index (κ2) is 35.1. The van der Waals surface area contributed by atoms with Crippen molar-refractivity contribution in [3.8, 4) is 0 Å². The maximum absolute atomic E-state index is 11.7. The van der Waals surface area contributed by atoms with Gasteiger partial charge in [-0.15, -0.1) is 0 Å². The van der Waals surface area contributed by atoms with Crippen LogP contribution in [0.25, 0.3) is 0 Å². The molecule has 0 rings (SSSR count). The standard InChI is InChI=1S/C28H56O11/c1-2-3-4-5-6-7-8-9-28(30)39-27-26-38-25-24-37-23-22-36-21-20-35-19-18-34-17-16-33-15-14-32-13-12-31-11-10-29/h29H,2-27H2,1H3. The second-order valence-electron chi connectivity index (χ2n) is 8.71. The van der Waals surface area contributed by atoms with Crippen LogP contribution in [-0.2, 0) is 47.4 Å². The quantitative estimate of drug-likeness (QED) is 0.0911. The molecule has 0 heterocycles. The van der Waals surface area contributed by atoms with Gasteiger partial charge in [-0.2, -0.15) is 0 Å². The number of hydrogen-bond donors (Lipinski definition) is 1. The molecule has 0 aromatic carbocycles. The number of hydrogen-bond acceptors (Lipinski definition) is 11. The molecule has 11 heteroatoms. The van der Waals surface area contributed by atoms with Crippen LogP contribution in [0.1, 0.15) is 58.3 Å². The number of esters is 1. The Kier molecular flexibility index (Phi) is 34.3. The van der Waals surface area contributed by atoms with Gasteiger partial charge in [-0.3, -0.25) is 4.79 Å². The molecule has 0 aromatic heterocycles. The Morgan fingerprint density at radius 2 is 0.744 bits per heavy atom. The van der Waals surface area contributed by atoms with Crippen molar-refractivity contribution in [2.75, 3.05) is 119 Å². The minimum atomic E-state index is -0.140. The molecule has 0 atom stereocenters. The van der Waals surface area contributed by atoms with Gasteiger partial charge in [0.2, 0.25) is 0 Å². The largest absolute Gasteiger partial charge is 0.463 e. The number of rotatable bonds is 34. The van der Waals surface area contributed by atoms with Crippen LogP contribution in [-0.4, -0.2) is 130 Å². The Labute approximate surface area is 236 Å². The molecule has 0 spiro atoms. The summed E-state index contributed by atoms with van der Waals surface area (Å²) < 4.78 is 48.1. The zero-order chi connectivity index (χ0) is 28.3. The molecule has 234 valence electrons. The lowest BCUT2D eigenvalue weighted by Gasteiger charge is -2.09. The maximum Gasteiger partial charge on any atom is 0.305 e. The third-order valence-electron chi connectivity index (χ3n) is 5.31. The molecule has 11 nitrogen and oxygen atoms in total. The third kappa shape index (κ3) is 35.1. The van der Waals surface area contributed by atoms with Crippen LogP contribution in [0.3, 0.4) is 0 Å². The summed E-state index contributed by atoms with van der Waals surface area (Å²) in [5.74, 6) is -0.140. The van der Waals surface area contributed by atoms with Gasteiger partial charge < -0.3 is 47.7 Å². The Morgan fingerprint density at radius 1 is 0.436 bits per heavy atom. The number of carbonyl (C=O) groups excluding carboxylic acids is 1. The summed E-state index contributed by atoms with van der Waals surface area (Å²) >= 11 is 0. The lowest BCUT2D eigenvalue weighted by atomic mass is 10.1. The van der Waals surface area contributed by atoms with Crippen LogP contribution in [0.5, 0.6) is 0 Å². The number of ether oxygens (including phenoxy) is 9. The normalized spacial score (nSPS) is 11.3. The molecule has 0 radical (unpaired) electrons. The van der Waals surface area contributed by atoms with Crippen molar-refractivity contribution < 1.29 is 52.5 Å². The third-order valence-corrected chi connectivity index (χ3v) is 5.31. The van der Waals surface area contributed by atoms with E-state index >= 15 is 0 Å². The highest BCUT2D eigenvalue weighted by Gasteiger charge is 2.02. The maximum atomic E-state index is 11.7. The minimum absolute atomic E-state index is 0.0257. The topological polar surface area (TPSA) is 120 Å². The minimum Gasteiger partial charge on any atom is -0.463 e. The molecule has 1 N–H and O–H groups in total. The zero-order valence-electron chi connectivity index (χ0n) is 24.4. The lowest BCUT2D eigenvalue weighted by Crippen LogP contribution is -2.15. The van der Waals surface area contributed by atoms with Crippen molar-refractivity contribution in [2.24, 2.45) is 0 Å². The van der Waals surface area contributed by atoms with Crippen molar-refractivity contribution in [1.29, 1.82) is 0 Å². The molecule has 0 saturated carbocycles. The summed E-state index contributed by atoms with van der Waals surface area (Å²) in [4.78, 5) is 11.7. The fourth-order valence-electron chi connectivity index (χ4n) is 3.22. The summed E-state index contributed by atoms with van der Waals surface area (Å²) in [6.07, 6.45) is 8.81. The molecule has 0 aromatic rings. The van der Waals surface area contributed by atoms with E-state index in [1.54, 1.807) is 0 Å². The molecule has 0 aliphatic heterocycles. The van der Waals surface area contributed by atoms with Crippen LogP contribution >= 0.6 is 0 Å². The number of aliphatic hydroxyl groups is 1. The van der Waals surface area contributed by atoms with E-state index in [0.29, 0.717) is 112 Å². The van der Waals surface area contributed by atoms with E-state index in [2.05, 4.69) is 6.92 Å². The molecular formula is C28H56O11. The van der Waals surface area contributed by atoms with Crippen LogP contribution in [0.4, 0.5) is 0 Å². The highest BCUT2D eigenvalue weighted by molar-refractivity contribution is 5.69. The summed E-state index contributed by atoms with van der Waals surface area (Å²) in [7, 11) is 0. The highest BCUT2D eigenvalue weighted by Crippen LogP contribution is 2.08. The fraction of sp³-hybridized carbons (Fsp3) is 0.964. The van der Waals surface area contributed by atoms with Gasteiger partial charge in [0.15, 0.2) is 0 Å². The van der Waals surface area contributed by atoms with E-state index in [4.69, 9.17) is 47.7 Å². The Hall–Kier alpha value is -0.890. The molecule has 39 heavy (non-hydrogen) atoms. The Balaban J connectivity index is 3.09. The molecule has 0 saturated heterocycles. The van der Waals surface area contributed by atoms with Gasteiger partial charge in [0.25, 0.3) is 0 Å². The Bertz CT molecular complexity index is 469. The van der Waals surface area contributed by atoms with E-state index < -0.39 is 0 Å². The van der Waals surface area contributed by atoms with Crippen LogP contribution in [0.15, 0.2) is 0 Å². The van der Waals surface area contributed by atoms with E-state index in [1.165, 1.54) is 32.1 Å². The van der Waals surface area contributed by atoms with Crippen molar-refractivity contribution in [3.63, 3.8) is 0 Å². The summed E-state index contributed by atoms with van der Waals surface area (Å²) in [5.41, 5.74) is 0. The average molecular weight is 569 g/mol. The predicted octanol–water partition coefficient (Wildman–Crippen LogP) is 2.80. The second-order valence-corrected chi connectivity index (χ2v) is 8.71. The SMILES string of the molecule is CCCCCCCCCC(=O)OCCOCCOCCOCCOCCOCCOCCOCCOCCO. The first-order valence-corrected chi connectivity index (χ1v) is 14.7. The Morgan fingerprint density at radius 3 is 1.10 bits per heavy atom. The first kappa shape index (κ1) is 38.1. The number of aliphatic hydroxyl groups excluding tert-OH is 1. The van der Waals surface area contributed by atoms with Gasteiger partial charge in [0.1, 0.15) is 6.61 Å². The van der Waals surface area contributed by atoms with Crippen molar-refractivity contribution in [1.82, 2.24) is 0 Å². The molecule has 0 unspecified atom stereocenters. The van der Waals surface area contributed by atoms with Gasteiger partial charge >= 0.3 is 5.97 Å². The first-order chi connectivity index (χ1) is 19.3. The van der Waals surface area contributed by atoms with Gasteiger partial charge in [-0.1, -0.05) is 45.4 Å². The number of carbonyl (C=O) groups is 1. The number of unbranched alkanes of at least 4 members (excludes halogenated alkanes) is 6. The molecule has 0 bridgehead atoms. The van der Waals surface area contributed by atoms with Gasteiger partial charge in [-0.05, 0) is 6.42 Å². The fourth-order valence-corrected chi connectivity index (χ4v) is 3.22. The zero-order valence-corrected chi connectivity index (χ0v) is 24.4. The molecule has 0 amide bonds. The average Bonchev–Trinajstić information content (AvgIpc) is 2.94. The highest BCUT2D eigenvalue weighted by atomic mass is 16.6. The van der Waals surface area contributed by atoms with Crippen molar-refractivity contribution in [2.45, 2.75) is 58.3 Å². The lowest BCUT2D eigenvalue weighted by molar-refractivity contribution is -0.145. The van der Waals surface area contributed by atoms with Crippen LogP contribution < -0.4 is 0 Å². The van der Waals surface area contributed by atoms with E-state index in [0.717, 1.165) is 12.8 Å². The van der Waals surface area contributed by atoms with Gasteiger partial charge in [0, 0.05) is 6.42 Å². The summed E-state index contributed by atoms with van der Waals surface area (Å²) in [6.45, 7) is 10.1. The summed E-state index contributed by atoms with van der Waals surface area (Å²) in [5, 5.41) is 8.56.